The van der Waals surface area contributed by atoms with Crippen molar-refractivity contribution in [2.24, 2.45) is 0 Å². The van der Waals surface area contributed by atoms with Crippen LogP contribution in [0.2, 0.25) is 0 Å². The third-order valence-corrected chi connectivity index (χ3v) is 4.46. The van der Waals surface area contributed by atoms with Gasteiger partial charge in [0.25, 0.3) is 5.91 Å². The minimum absolute atomic E-state index is 0.129. The normalized spacial score (nSPS) is 16.3. The molecule has 1 aliphatic rings. The maximum absolute atomic E-state index is 12.6. The fourth-order valence-corrected chi connectivity index (χ4v) is 2.98. The molecule has 0 fully saturated rings. The minimum Gasteiger partial charge on any atom is -0.479 e. The number of anilines is 1. The third-order valence-electron chi connectivity index (χ3n) is 4.46. The Morgan fingerprint density at radius 1 is 1.12 bits per heavy atom. The lowest BCUT2D eigenvalue weighted by molar-refractivity contribution is -0.125. The number of para-hydroxylation sites is 2. The average molecular weight is 349 g/mol. The van der Waals surface area contributed by atoms with Gasteiger partial charge in [0.1, 0.15) is 12.3 Å². The molecule has 0 radical (unpaired) electrons. The van der Waals surface area contributed by atoms with E-state index in [2.05, 4.69) is 29.2 Å². The van der Waals surface area contributed by atoms with Crippen LogP contribution in [0.5, 0.6) is 5.75 Å². The van der Waals surface area contributed by atoms with Gasteiger partial charge >= 0.3 is 0 Å². The Labute approximate surface area is 151 Å². The van der Waals surface area contributed by atoms with E-state index in [0.717, 1.165) is 12.0 Å². The van der Waals surface area contributed by atoms with Gasteiger partial charge in [-0.2, -0.15) is 4.98 Å². The molecule has 0 N–H and O–H groups in total. The van der Waals surface area contributed by atoms with Crippen LogP contribution >= 0.6 is 0 Å². The Hall–Kier alpha value is -3.15. The molecule has 0 saturated heterocycles. The maximum Gasteiger partial charge on any atom is 0.268 e. The van der Waals surface area contributed by atoms with Crippen molar-refractivity contribution >= 4 is 11.6 Å². The summed E-state index contributed by atoms with van der Waals surface area (Å²) in [6.45, 7) is 4.06. The molecule has 1 amide bonds. The number of ether oxygens (including phenoxy) is 1. The van der Waals surface area contributed by atoms with Crippen LogP contribution < -0.4 is 9.64 Å². The molecule has 0 aliphatic carbocycles. The van der Waals surface area contributed by atoms with Crippen molar-refractivity contribution in [1.82, 2.24) is 10.1 Å². The van der Waals surface area contributed by atoms with Crippen LogP contribution in [-0.2, 0) is 17.8 Å². The van der Waals surface area contributed by atoms with Gasteiger partial charge in [-0.25, -0.2) is 0 Å². The zero-order chi connectivity index (χ0) is 18.1. The number of fused-ring (bicyclic) bond motifs is 1. The number of hydrogen-bond acceptors (Lipinski definition) is 5. The first-order valence-electron chi connectivity index (χ1n) is 8.64. The first-order chi connectivity index (χ1) is 12.7. The lowest BCUT2D eigenvalue weighted by Gasteiger charge is -2.31. The van der Waals surface area contributed by atoms with Crippen molar-refractivity contribution in [2.45, 2.75) is 32.9 Å². The van der Waals surface area contributed by atoms with Crippen molar-refractivity contribution < 1.29 is 14.1 Å². The van der Waals surface area contributed by atoms with E-state index in [9.17, 15) is 4.79 Å². The van der Waals surface area contributed by atoms with Crippen molar-refractivity contribution in [3.05, 3.63) is 60.0 Å². The highest BCUT2D eigenvalue weighted by molar-refractivity contribution is 5.99. The standard InChI is InChI=1S/C20H19N3O3/c1-3-14-8-10-15(11-9-14)19-21-18(26-22-19)12-23-16-6-4-5-7-17(16)25-13(2)20(23)24/h4-11,13H,3,12H2,1-2H3/t13-/m0/s1. The Morgan fingerprint density at radius 2 is 1.88 bits per heavy atom. The van der Waals surface area contributed by atoms with Gasteiger partial charge in [0.15, 0.2) is 6.10 Å². The number of benzene rings is 2. The second kappa shape index (κ2) is 6.63. The molecule has 26 heavy (non-hydrogen) atoms. The molecule has 6 nitrogen and oxygen atoms in total. The molecule has 0 spiro atoms. The van der Waals surface area contributed by atoms with Gasteiger partial charge in [-0.15, -0.1) is 0 Å². The van der Waals surface area contributed by atoms with E-state index in [4.69, 9.17) is 9.26 Å². The molecule has 3 aromatic rings. The van der Waals surface area contributed by atoms with E-state index in [1.165, 1.54) is 5.56 Å². The van der Waals surface area contributed by atoms with Crippen LogP contribution in [0.1, 0.15) is 25.3 Å². The average Bonchev–Trinajstić information content (AvgIpc) is 3.14. The predicted molar refractivity (Wildman–Crippen MR) is 96.8 cm³/mol. The molecule has 1 aliphatic heterocycles. The Bertz CT molecular complexity index is 933. The number of amides is 1. The summed E-state index contributed by atoms with van der Waals surface area (Å²) < 4.78 is 11.0. The highest BCUT2D eigenvalue weighted by atomic mass is 16.5. The molecule has 6 heteroatoms. The lowest BCUT2D eigenvalue weighted by Crippen LogP contribution is -2.44. The second-order valence-corrected chi connectivity index (χ2v) is 6.21. The summed E-state index contributed by atoms with van der Waals surface area (Å²) >= 11 is 0. The fraction of sp³-hybridized carbons (Fsp3) is 0.250. The van der Waals surface area contributed by atoms with Crippen LogP contribution in [-0.4, -0.2) is 22.2 Å². The Kier molecular flexibility index (Phi) is 4.16. The van der Waals surface area contributed by atoms with E-state index in [0.29, 0.717) is 23.2 Å². The molecule has 2 heterocycles. The number of hydrogen-bond donors (Lipinski definition) is 0. The van der Waals surface area contributed by atoms with Gasteiger partial charge in [-0.3, -0.25) is 9.69 Å². The first-order valence-corrected chi connectivity index (χ1v) is 8.64. The monoisotopic (exact) mass is 349 g/mol. The number of aryl methyl sites for hydroxylation is 1. The molecule has 0 bridgehead atoms. The Balaban J connectivity index is 1.59. The summed E-state index contributed by atoms with van der Waals surface area (Å²) in [5.41, 5.74) is 2.85. The van der Waals surface area contributed by atoms with E-state index in [-0.39, 0.29) is 12.5 Å². The molecule has 0 unspecified atom stereocenters. The summed E-state index contributed by atoms with van der Waals surface area (Å²) in [6, 6.07) is 15.5. The molecule has 1 aromatic heterocycles. The van der Waals surface area contributed by atoms with Crippen molar-refractivity contribution in [1.29, 1.82) is 0 Å². The number of aromatic nitrogens is 2. The zero-order valence-electron chi connectivity index (χ0n) is 14.7. The van der Waals surface area contributed by atoms with Gasteiger partial charge in [-0.05, 0) is 31.0 Å². The minimum atomic E-state index is -0.547. The van der Waals surface area contributed by atoms with Crippen molar-refractivity contribution in [2.75, 3.05) is 4.90 Å². The van der Waals surface area contributed by atoms with Gasteiger partial charge in [0.2, 0.25) is 11.7 Å². The molecular weight excluding hydrogens is 330 g/mol. The fourth-order valence-electron chi connectivity index (χ4n) is 2.98. The van der Waals surface area contributed by atoms with E-state index in [1.54, 1.807) is 11.8 Å². The zero-order valence-corrected chi connectivity index (χ0v) is 14.7. The molecule has 4 rings (SSSR count). The van der Waals surface area contributed by atoms with E-state index >= 15 is 0 Å². The van der Waals surface area contributed by atoms with Crippen LogP contribution in [0.15, 0.2) is 53.1 Å². The first kappa shape index (κ1) is 16.3. The van der Waals surface area contributed by atoms with Crippen LogP contribution in [0.25, 0.3) is 11.4 Å². The summed E-state index contributed by atoms with van der Waals surface area (Å²) in [7, 11) is 0. The van der Waals surface area contributed by atoms with Crippen LogP contribution in [0.3, 0.4) is 0 Å². The summed E-state index contributed by atoms with van der Waals surface area (Å²) in [5.74, 6) is 1.45. The highest BCUT2D eigenvalue weighted by Crippen LogP contribution is 2.34. The number of rotatable bonds is 4. The Morgan fingerprint density at radius 3 is 2.65 bits per heavy atom. The SMILES string of the molecule is CCc1ccc(-c2noc(CN3C(=O)[C@H](C)Oc4ccccc43)n2)cc1. The summed E-state index contributed by atoms with van der Waals surface area (Å²) in [4.78, 5) is 18.6. The molecular formula is C20H19N3O3. The largest absolute Gasteiger partial charge is 0.479 e. The molecule has 1 atom stereocenters. The van der Waals surface area contributed by atoms with Crippen molar-refractivity contribution in [3.63, 3.8) is 0 Å². The van der Waals surface area contributed by atoms with Gasteiger partial charge in [0, 0.05) is 5.56 Å². The predicted octanol–water partition coefficient (Wildman–Crippen LogP) is 3.61. The lowest BCUT2D eigenvalue weighted by atomic mass is 10.1. The number of carbonyl (C=O) groups excluding carboxylic acids is 1. The van der Waals surface area contributed by atoms with Crippen LogP contribution in [0, 0.1) is 0 Å². The third kappa shape index (κ3) is 2.94. The highest BCUT2D eigenvalue weighted by Gasteiger charge is 2.32. The number of nitrogens with zero attached hydrogens (tertiary/aromatic N) is 3. The summed E-state index contributed by atoms with van der Waals surface area (Å²) in [6.07, 6.45) is 0.433. The van der Waals surface area contributed by atoms with Gasteiger partial charge in [-0.1, -0.05) is 48.5 Å². The second-order valence-electron chi connectivity index (χ2n) is 6.21. The maximum atomic E-state index is 12.6. The topological polar surface area (TPSA) is 68.5 Å². The quantitative estimate of drug-likeness (QED) is 0.720. The van der Waals surface area contributed by atoms with Crippen LogP contribution in [0.4, 0.5) is 5.69 Å². The smallest absolute Gasteiger partial charge is 0.268 e. The molecule has 2 aromatic carbocycles. The van der Waals surface area contributed by atoms with E-state index in [1.807, 2.05) is 36.4 Å². The summed E-state index contributed by atoms with van der Waals surface area (Å²) in [5, 5.41) is 4.05. The van der Waals surface area contributed by atoms with Crippen molar-refractivity contribution in [3.8, 4) is 17.1 Å². The molecule has 132 valence electrons. The van der Waals surface area contributed by atoms with E-state index < -0.39 is 6.10 Å². The van der Waals surface area contributed by atoms with Gasteiger partial charge < -0.3 is 9.26 Å². The number of carbonyl (C=O) groups is 1. The molecule has 0 saturated carbocycles. The van der Waals surface area contributed by atoms with Gasteiger partial charge in [0.05, 0.1) is 5.69 Å².